The Kier molecular flexibility index (Phi) is 6.78. The molecule has 0 saturated heterocycles. The van der Waals surface area contributed by atoms with Crippen LogP contribution in [-0.4, -0.2) is 15.0 Å². The van der Waals surface area contributed by atoms with Crippen molar-refractivity contribution in [2.45, 2.75) is 0 Å². The molecular weight excluding hydrogens is 623 g/mol. The first kappa shape index (κ1) is 29.0. The lowest BCUT2D eigenvalue weighted by Crippen LogP contribution is -2.01. The summed E-state index contributed by atoms with van der Waals surface area (Å²) in [4.78, 5) is 15.6. The number of hydrogen-bond acceptors (Lipinski definition) is 4. The summed E-state index contributed by atoms with van der Waals surface area (Å²) in [6.07, 6.45) is 0. The Morgan fingerprint density at radius 1 is 0.314 bits per heavy atom. The summed E-state index contributed by atoms with van der Waals surface area (Å²) < 4.78 is 6.97. The van der Waals surface area contributed by atoms with E-state index in [1.54, 1.807) is 0 Å². The first-order chi connectivity index (χ1) is 25.3. The van der Waals surface area contributed by atoms with E-state index in [2.05, 4.69) is 133 Å². The zero-order valence-corrected chi connectivity index (χ0v) is 27.5. The normalized spacial score (nSPS) is 11.5. The second-order valence-corrected chi connectivity index (χ2v) is 12.8. The number of hydrogen-bond donors (Lipinski definition) is 0. The maximum absolute atomic E-state index is 6.97. The van der Waals surface area contributed by atoms with Gasteiger partial charge in [0.2, 0.25) is 0 Å². The SMILES string of the molecule is c1ccc(-c2nc(-c3cc4ccccc4cc3-c3ccccc3)nc(-c3cccc4c3oc3c(-c5ccccc5)c5ccccc5cc34)n2)cc1. The summed E-state index contributed by atoms with van der Waals surface area (Å²) in [5, 5.41) is 6.67. The molecule has 0 fully saturated rings. The molecule has 0 amide bonds. The monoisotopic (exact) mass is 651 g/mol. The molecule has 0 N–H and O–H groups in total. The smallest absolute Gasteiger partial charge is 0.167 e. The molecule has 0 aliphatic heterocycles. The minimum absolute atomic E-state index is 0.557. The van der Waals surface area contributed by atoms with Crippen molar-refractivity contribution in [1.82, 2.24) is 15.0 Å². The van der Waals surface area contributed by atoms with Gasteiger partial charge in [-0.2, -0.15) is 0 Å². The third-order valence-electron chi connectivity index (χ3n) is 9.69. The fraction of sp³-hybridized carbons (Fsp3) is 0. The lowest BCUT2D eigenvalue weighted by atomic mass is 9.95. The maximum atomic E-state index is 6.97. The van der Waals surface area contributed by atoms with Crippen molar-refractivity contribution in [3.8, 4) is 56.4 Å². The number of fused-ring (bicyclic) bond motifs is 5. The standard InChI is InChI=1S/C47H29N3O/c1-4-15-30(16-5-1)39-27-33-21-10-11-22-34(33)28-41(39)47-49-45(32-19-8-3-9-20-32)48-46(50-47)38-26-14-25-37-40-29-35-23-12-13-24-36(35)42(44(40)51-43(37)38)31-17-6-2-7-18-31/h1-29H. The molecule has 0 radical (unpaired) electrons. The average Bonchev–Trinajstić information content (AvgIpc) is 3.58. The molecule has 0 aliphatic rings. The molecule has 4 nitrogen and oxygen atoms in total. The van der Waals surface area contributed by atoms with Crippen LogP contribution in [0.1, 0.15) is 0 Å². The van der Waals surface area contributed by atoms with E-state index in [0.29, 0.717) is 17.5 Å². The zero-order chi connectivity index (χ0) is 33.7. The van der Waals surface area contributed by atoms with E-state index in [4.69, 9.17) is 19.4 Å². The third-order valence-corrected chi connectivity index (χ3v) is 9.69. The molecule has 51 heavy (non-hydrogen) atoms. The molecule has 10 aromatic rings. The van der Waals surface area contributed by atoms with Gasteiger partial charge in [-0.3, -0.25) is 0 Å². The Hall–Kier alpha value is -6.91. The second-order valence-electron chi connectivity index (χ2n) is 12.8. The molecule has 2 heterocycles. The van der Waals surface area contributed by atoms with Gasteiger partial charge < -0.3 is 4.42 Å². The summed E-state index contributed by atoms with van der Waals surface area (Å²) in [5.41, 5.74) is 8.62. The predicted molar refractivity (Wildman–Crippen MR) is 209 cm³/mol. The molecule has 0 spiro atoms. The number of rotatable bonds is 5. The van der Waals surface area contributed by atoms with Crippen molar-refractivity contribution < 1.29 is 4.42 Å². The third kappa shape index (κ3) is 4.96. The largest absolute Gasteiger partial charge is 0.455 e. The van der Waals surface area contributed by atoms with E-state index in [0.717, 1.165) is 82.4 Å². The van der Waals surface area contributed by atoms with Gasteiger partial charge >= 0.3 is 0 Å². The number of furan rings is 1. The quantitative estimate of drug-likeness (QED) is 0.186. The van der Waals surface area contributed by atoms with Crippen LogP contribution in [0.15, 0.2) is 180 Å². The molecule has 2 aromatic heterocycles. The van der Waals surface area contributed by atoms with E-state index in [1.165, 1.54) is 0 Å². The summed E-state index contributed by atoms with van der Waals surface area (Å²) >= 11 is 0. The van der Waals surface area contributed by atoms with E-state index in [1.807, 2.05) is 42.5 Å². The Balaban J connectivity index is 1.27. The van der Waals surface area contributed by atoms with E-state index < -0.39 is 0 Å². The Morgan fingerprint density at radius 3 is 1.55 bits per heavy atom. The van der Waals surface area contributed by atoms with Crippen LogP contribution in [0.3, 0.4) is 0 Å². The minimum atomic E-state index is 0.557. The van der Waals surface area contributed by atoms with Crippen molar-refractivity contribution in [1.29, 1.82) is 0 Å². The van der Waals surface area contributed by atoms with Crippen molar-refractivity contribution >= 4 is 43.5 Å². The first-order valence-corrected chi connectivity index (χ1v) is 17.1. The number of benzene rings is 8. The van der Waals surface area contributed by atoms with Crippen LogP contribution in [0.25, 0.3) is 99.9 Å². The molecule has 4 heteroatoms. The van der Waals surface area contributed by atoms with E-state index in [9.17, 15) is 0 Å². The molecule has 8 aromatic carbocycles. The number of para-hydroxylation sites is 1. The molecule has 238 valence electrons. The number of nitrogens with zero attached hydrogens (tertiary/aromatic N) is 3. The van der Waals surface area contributed by atoms with Gasteiger partial charge in [0.25, 0.3) is 0 Å². The zero-order valence-electron chi connectivity index (χ0n) is 27.5. The summed E-state index contributed by atoms with van der Waals surface area (Å²) in [6.45, 7) is 0. The van der Waals surface area contributed by atoms with Crippen molar-refractivity contribution in [2.75, 3.05) is 0 Å². The first-order valence-electron chi connectivity index (χ1n) is 17.1. The molecule has 0 unspecified atom stereocenters. The van der Waals surface area contributed by atoms with Gasteiger partial charge in [-0.15, -0.1) is 0 Å². The van der Waals surface area contributed by atoms with Crippen LogP contribution >= 0.6 is 0 Å². The molecule has 10 rings (SSSR count). The van der Waals surface area contributed by atoms with E-state index >= 15 is 0 Å². The summed E-state index contributed by atoms with van der Waals surface area (Å²) in [6, 6.07) is 60.9. The fourth-order valence-corrected chi connectivity index (χ4v) is 7.28. The lowest BCUT2D eigenvalue weighted by molar-refractivity contribution is 0.671. The number of aromatic nitrogens is 3. The highest BCUT2D eigenvalue weighted by molar-refractivity contribution is 6.19. The van der Waals surface area contributed by atoms with Gasteiger partial charge in [-0.05, 0) is 62.5 Å². The molecule has 0 atom stereocenters. The van der Waals surface area contributed by atoms with Crippen molar-refractivity contribution in [3.05, 3.63) is 176 Å². The molecule has 0 saturated carbocycles. The molecular formula is C47H29N3O. The minimum Gasteiger partial charge on any atom is -0.455 e. The highest BCUT2D eigenvalue weighted by Gasteiger charge is 2.22. The highest BCUT2D eigenvalue weighted by atomic mass is 16.3. The van der Waals surface area contributed by atoms with Crippen molar-refractivity contribution in [2.24, 2.45) is 0 Å². The van der Waals surface area contributed by atoms with Gasteiger partial charge in [0.05, 0.1) is 5.56 Å². The van der Waals surface area contributed by atoms with Crippen LogP contribution in [0.2, 0.25) is 0 Å². The predicted octanol–water partition coefficient (Wildman–Crippen LogP) is 12.4. The Labute approximate surface area is 294 Å². The van der Waals surface area contributed by atoms with Crippen LogP contribution < -0.4 is 0 Å². The van der Waals surface area contributed by atoms with Crippen LogP contribution in [0.5, 0.6) is 0 Å². The van der Waals surface area contributed by atoms with Gasteiger partial charge in [0, 0.05) is 27.5 Å². The average molecular weight is 652 g/mol. The van der Waals surface area contributed by atoms with Crippen molar-refractivity contribution in [3.63, 3.8) is 0 Å². The second kappa shape index (κ2) is 11.9. The fourth-order valence-electron chi connectivity index (χ4n) is 7.28. The topological polar surface area (TPSA) is 51.8 Å². The van der Waals surface area contributed by atoms with Crippen LogP contribution in [0.4, 0.5) is 0 Å². The summed E-state index contributed by atoms with van der Waals surface area (Å²) in [5.74, 6) is 1.76. The van der Waals surface area contributed by atoms with Crippen LogP contribution in [0, 0.1) is 0 Å². The molecule has 0 bridgehead atoms. The lowest BCUT2D eigenvalue weighted by Gasteiger charge is -2.14. The van der Waals surface area contributed by atoms with Crippen LogP contribution in [-0.2, 0) is 0 Å². The molecule has 0 aliphatic carbocycles. The summed E-state index contributed by atoms with van der Waals surface area (Å²) in [7, 11) is 0. The van der Waals surface area contributed by atoms with Gasteiger partial charge in [0.15, 0.2) is 17.5 Å². The van der Waals surface area contributed by atoms with E-state index in [-0.39, 0.29) is 0 Å². The Morgan fingerprint density at radius 2 is 0.843 bits per heavy atom. The highest BCUT2D eigenvalue weighted by Crippen LogP contribution is 2.44. The van der Waals surface area contributed by atoms with Gasteiger partial charge in [0.1, 0.15) is 11.2 Å². The maximum Gasteiger partial charge on any atom is 0.167 e. The van der Waals surface area contributed by atoms with Gasteiger partial charge in [-0.25, -0.2) is 15.0 Å². The van der Waals surface area contributed by atoms with Gasteiger partial charge in [-0.1, -0.05) is 152 Å². The Bertz CT molecular complexity index is 2900.